The maximum atomic E-state index is 16.7. The number of halogens is 1. The fourth-order valence-corrected chi connectivity index (χ4v) is 12.0. The van der Waals surface area contributed by atoms with Gasteiger partial charge in [0, 0.05) is 55.0 Å². The Bertz CT molecular complexity index is 2340. The molecule has 314 valence electrons. The number of aryl methyl sites for hydroxylation is 1. The van der Waals surface area contributed by atoms with E-state index in [0.717, 1.165) is 11.1 Å². The Morgan fingerprint density at radius 1 is 0.933 bits per heavy atom. The lowest BCUT2D eigenvalue weighted by Crippen LogP contribution is -2.55. The van der Waals surface area contributed by atoms with E-state index in [4.69, 9.17) is 14.2 Å². The van der Waals surface area contributed by atoms with E-state index in [1.807, 2.05) is 37.3 Å². The Morgan fingerprint density at radius 2 is 1.55 bits per heavy atom. The number of amides is 3. The highest BCUT2D eigenvalue weighted by Gasteiger charge is 2.67. The number of esters is 2. The Kier molecular flexibility index (Phi) is 10.7. The number of rotatable bonds is 13. The zero-order valence-corrected chi connectivity index (χ0v) is 35.0. The minimum absolute atomic E-state index is 0.0145. The van der Waals surface area contributed by atoms with Crippen molar-refractivity contribution in [1.82, 2.24) is 15.0 Å². The van der Waals surface area contributed by atoms with Gasteiger partial charge in [0.2, 0.25) is 20.2 Å². The largest absolute Gasteiger partial charge is 0.441 e. The van der Waals surface area contributed by atoms with Crippen LogP contribution in [-0.4, -0.2) is 83.3 Å². The number of carbonyl (C=O) groups is 5. The van der Waals surface area contributed by atoms with Crippen LogP contribution in [0.2, 0.25) is 18.6 Å². The lowest BCUT2D eigenvalue weighted by atomic mass is 9.82. The average molecular weight is 839 g/mol. The minimum atomic E-state index is -3.56. The number of aliphatic hydroxyl groups excluding tert-OH is 1. The van der Waals surface area contributed by atoms with E-state index < -0.39 is 56.0 Å². The fraction of sp³-hybridized carbons (Fsp3) is 0.419. The molecule has 0 radical (unpaired) electrons. The van der Waals surface area contributed by atoms with Gasteiger partial charge in [0.05, 0.1) is 49.4 Å². The van der Waals surface area contributed by atoms with Crippen LogP contribution < -0.4 is 14.7 Å². The van der Waals surface area contributed by atoms with Crippen molar-refractivity contribution < 1.29 is 47.4 Å². The van der Waals surface area contributed by atoms with Gasteiger partial charge in [0.25, 0.3) is 5.91 Å². The van der Waals surface area contributed by atoms with Crippen molar-refractivity contribution in [2.45, 2.75) is 102 Å². The van der Waals surface area contributed by atoms with E-state index in [1.165, 1.54) is 23.6 Å². The first kappa shape index (κ1) is 41.0. The summed E-state index contributed by atoms with van der Waals surface area (Å²) in [6.45, 7) is 7.89. The molecule has 0 bridgehead atoms. The summed E-state index contributed by atoms with van der Waals surface area (Å²) in [5.74, 6) is -2.88. The van der Waals surface area contributed by atoms with Crippen LogP contribution in [0.25, 0.3) is 0 Å². The van der Waals surface area contributed by atoms with Crippen molar-refractivity contribution in [3.8, 4) is 0 Å². The van der Waals surface area contributed by atoms with Gasteiger partial charge >= 0.3 is 11.9 Å². The molecule has 0 saturated carbocycles. The fourth-order valence-electron chi connectivity index (χ4n) is 9.42. The van der Waals surface area contributed by atoms with Gasteiger partial charge in [-0.15, -0.1) is 5.10 Å². The van der Waals surface area contributed by atoms with Crippen molar-refractivity contribution in [2.24, 2.45) is 5.92 Å². The zero-order valence-electron chi connectivity index (χ0n) is 34.0. The lowest BCUT2D eigenvalue weighted by Gasteiger charge is -2.39. The van der Waals surface area contributed by atoms with E-state index in [9.17, 15) is 24.3 Å². The van der Waals surface area contributed by atoms with Crippen molar-refractivity contribution in [2.75, 3.05) is 21.3 Å². The van der Waals surface area contributed by atoms with Gasteiger partial charge in [-0.3, -0.25) is 38.5 Å². The Labute approximate surface area is 347 Å². The summed E-state index contributed by atoms with van der Waals surface area (Å²) >= 11 is 0. The third-order valence-corrected chi connectivity index (χ3v) is 14.6. The molecule has 5 heterocycles. The second-order valence-corrected chi connectivity index (χ2v) is 20.2. The van der Waals surface area contributed by atoms with E-state index in [0.29, 0.717) is 41.3 Å². The Balaban J connectivity index is 1.12. The standard InChI is InChI=1S/C43H47FN6O9Si/c1-25-41(60(4,5)44)36(17-18-47-23-34(45-46-47)32(24-51)29-9-7-6-8-10-29)59-43(25)33-19-31(50-38(55)21-40(50)58-27(3)53)15-16-35(33)48(42(43)56)22-28-11-13-30(14-12-28)49-37(54)20-39(49)57-26(2)52/h6-16,19,23,25,32,36,39-41,51H,17-18,20-22,24H2,1-5H3/t25-,32?,36+,39?,40?,41-,43+/m0/s1. The number of aromatic nitrogens is 3. The number of hydrogen-bond acceptors (Lipinski definition) is 11. The van der Waals surface area contributed by atoms with Crippen LogP contribution in [-0.2, 0) is 56.9 Å². The third-order valence-electron chi connectivity index (χ3n) is 12.1. The van der Waals surface area contributed by atoms with Crippen molar-refractivity contribution in [3.05, 3.63) is 101 Å². The highest BCUT2D eigenvalue weighted by atomic mass is 28.4. The monoisotopic (exact) mass is 838 g/mol. The summed E-state index contributed by atoms with van der Waals surface area (Å²) in [5, 5.41) is 18.9. The molecule has 1 aromatic heterocycles. The van der Waals surface area contributed by atoms with Gasteiger partial charge in [0.1, 0.15) is 0 Å². The number of aliphatic hydroxyl groups is 1. The van der Waals surface area contributed by atoms with Crippen LogP contribution in [0.5, 0.6) is 0 Å². The number of ether oxygens (including phenoxy) is 3. The number of benzene rings is 3. The van der Waals surface area contributed by atoms with Crippen LogP contribution in [0.3, 0.4) is 0 Å². The van der Waals surface area contributed by atoms with Gasteiger partial charge < -0.3 is 28.3 Å². The molecular weight excluding hydrogens is 792 g/mol. The maximum absolute atomic E-state index is 16.7. The maximum Gasteiger partial charge on any atom is 0.304 e. The molecule has 7 atom stereocenters. The van der Waals surface area contributed by atoms with Crippen LogP contribution in [0, 0.1) is 5.92 Å². The quantitative estimate of drug-likeness (QED) is 0.0825. The van der Waals surface area contributed by atoms with Crippen molar-refractivity contribution >= 4 is 55.1 Å². The number of carbonyl (C=O) groups excluding carboxylic acids is 5. The summed E-state index contributed by atoms with van der Waals surface area (Å²) in [6, 6.07) is 21.7. The molecule has 4 aromatic rings. The molecule has 17 heteroatoms. The molecule has 3 amide bonds. The zero-order chi connectivity index (χ0) is 42.7. The number of anilines is 3. The number of β-lactam (4-membered cyclic amide) rings is 2. The predicted octanol–water partition coefficient (Wildman–Crippen LogP) is 5.07. The number of nitrogens with zero attached hydrogens (tertiary/aromatic N) is 6. The molecule has 3 unspecified atom stereocenters. The van der Waals surface area contributed by atoms with Crippen LogP contribution in [0.1, 0.15) is 68.3 Å². The molecule has 0 aliphatic carbocycles. The van der Waals surface area contributed by atoms with Crippen LogP contribution in [0.15, 0.2) is 79.0 Å². The van der Waals surface area contributed by atoms with E-state index in [1.54, 1.807) is 71.3 Å². The second-order valence-electron chi connectivity index (χ2n) is 16.4. The molecular formula is C43H47FN6O9Si. The topological polar surface area (TPSA) is 174 Å². The first-order chi connectivity index (χ1) is 28.6. The summed E-state index contributed by atoms with van der Waals surface area (Å²) < 4.78 is 36.0. The van der Waals surface area contributed by atoms with Crippen molar-refractivity contribution in [3.63, 3.8) is 0 Å². The third kappa shape index (κ3) is 7.17. The summed E-state index contributed by atoms with van der Waals surface area (Å²) in [5.41, 5.74) is 1.90. The molecule has 4 aliphatic rings. The minimum Gasteiger partial charge on any atom is -0.441 e. The molecule has 1 spiro atoms. The van der Waals surface area contributed by atoms with E-state index in [2.05, 4.69) is 10.3 Å². The summed E-state index contributed by atoms with van der Waals surface area (Å²) in [4.78, 5) is 68.5. The van der Waals surface area contributed by atoms with E-state index in [-0.39, 0.29) is 49.6 Å². The summed E-state index contributed by atoms with van der Waals surface area (Å²) in [6.07, 6.45) is -0.0324. The highest BCUT2D eigenvalue weighted by molar-refractivity contribution is 6.72. The van der Waals surface area contributed by atoms with Gasteiger partial charge in [-0.05, 0) is 61.0 Å². The normalized spacial score (nSPS) is 25.3. The molecule has 15 nitrogen and oxygen atoms in total. The van der Waals surface area contributed by atoms with Gasteiger partial charge in [-0.1, -0.05) is 54.6 Å². The van der Waals surface area contributed by atoms with E-state index >= 15 is 8.90 Å². The first-order valence-corrected chi connectivity index (χ1v) is 23.0. The van der Waals surface area contributed by atoms with Gasteiger partial charge in [-0.2, -0.15) is 0 Å². The molecule has 3 saturated heterocycles. The Hall–Kier alpha value is -5.78. The molecule has 1 N–H and O–H groups in total. The summed E-state index contributed by atoms with van der Waals surface area (Å²) in [7, 11) is -3.56. The molecule has 8 rings (SSSR count). The SMILES string of the molecule is CC(=O)OC1CC(=O)N1c1ccc(CN2C(=O)[C@]3(O[C@H](CCn4cc(C(CO)c5ccccc5)nn4)[C@@H]([Si](C)(C)F)[C@@H]3C)c3cc(N4C(=O)CC4OC(C)=O)ccc32)cc1. The smallest absolute Gasteiger partial charge is 0.304 e. The Morgan fingerprint density at radius 3 is 2.13 bits per heavy atom. The van der Waals surface area contributed by atoms with Gasteiger partial charge in [0.15, 0.2) is 18.1 Å². The first-order valence-electron chi connectivity index (χ1n) is 20.1. The van der Waals surface area contributed by atoms with Gasteiger partial charge in [-0.25, -0.2) is 0 Å². The average Bonchev–Trinajstić information content (AvgIpc) is 3.84. The predicted molar refractivity (Wildman–Crippen MR) is 217 cm³/mol. The molecule has 3 aromatic carbocycles. The van der Waals surface area contributed by atoms with Crippen LogP contribution >= 0.6 is 0 Å². The molecule has 60 heavy (non-hydrogen) atoms. The van der Waals surface area contributed by atoms with Crippen molar-refractivity contribution in [1.29, 1.82) is 0 Å². The second kappa shape index (κ2) is 15.7. The number of fused-ring (bicyclic) bond motifs is 2. The van der Waals surface area contributed by atoms with Crippen LogP contribution in [0.4, 0.5) is 21.2 Å². The molecule has 3 fully saturated rings. The lowest BCUT2D eigenvalue weighted by molar-refractivity contribution is -0.155. The number of hydrogen-bond donors (Lipinski definition) is 1. The highest BCUT2D eigenvalue weighted by Crippen LogP contribution is 2.61. The molecule has 4 aliphatic heterocycles.